The Hall–Kier alpha value is -3.68. The van der Waals surface area contributed by atoms with Crippen LogP contribution in [-0.4, -0.2) is 26.4 Å². The highest BCUT2D eigenvalue weighted by molar-refractivity contribution is 5.90. The van der Waals surface area contributed by atoms with Crippen LogP contribution in [0.3, 0.4) is 0 Å². The molecular weight excluding hydrogens is 368 g/mol. The molecule has 0 bridgehead atoms. The highest BCUT2D eigenvalue weighted by Gasteiger charge is 2.24. The van der Waals surface area contributed by atoms with Crippen LogP contribution in [0.5, 0.6) is 28.7 Å². The number of fused-ring (bicyclic) bond motifs is 1. The molecule has 0 aliphatic rings. The summed E-state index contributed by atoms with van der Waals surface area (Å²) in [7, 11) is 0. The lowest BCUT2D eigenvalue weighted by atomic mass is 10.1. The second-order valence-corrected chi connectivity index (χ2v) is 6.21. The van der Waals surface area contributed by atoms with Gasteiger partial charge in [-0.15, -0.1) is 0 Å². The Morgan fingerprint density at radius 3 is 2.43 bits per heavy atom. The van der Waals surface area contributed by atoms with Crippen LogP contribution < -0.4 is 10.2 Å². The van der Waals surface area contributed by atoms with Crippen molar-refractivity contribution in [1.29, 1.82) is 0 Å². The fourth-order valence-electron chi connectivity index (χ4n) is 2.74. The van der Waals surface area contributed by atoms with Gasteiger partial charge in [0, 0.05) is 24.6 Å². The number of unbranched alkanes of at least 4 members (excludes halogenated alkanes) is 1. The summed E-state index contributed by atoms with van der Waals surface area (Å²) in [6.45, 7) is 1.89. The van der Waals surface area contributed by atoms with E-state index in [9.17, 15) is 30.0 Å². The average molecular weight is 386 g/mol. The summed E-state index contributed by atoms with van der Waals surface area (Å²) < 4.78 is 10.8. The zero-order chi connectivity index (χ0) is 20.4. The normalized spacial score (nSPS) is 10.9. The number of carbonyl (C=O) groups is 1. The van der Waals surface area contributed by atoms with Crippen LogP contribution in [0.15, 0.2) is 39.5 Å². The maximum atomic E-state index is 12.9. The van der Waals surface area contributed by atoms with E-state index in [1.165, 1.54) is 12.1 Å². The molecule has 2 aromatic carbocycles. The van der Waals surface area contributed by atoms with Gasteiger partial charge in [-0.25, -0.2) is 0 Å². The summed E-state index contributed by atoms with van der Waals surface area (Å²) in [4.78, 5) is 25.0. The van der Waals surface area contributed by atoms with Gasteiger partial charge in [-0.3, -0.25) is 9.59 Å². The number of phenolic OH excluding ortho intramolecular Hbond substituents is 4. The molecule has 146 valence electrons. The van der Waals surface area contributed by atoms with Crippen LogP contribution in [-0.2, 0) is 4.79 Å². The molecule has 0 spiro atoms. The molecule has 0 radical (unpaired) electrons. The summed E-state index contributed by atoms with van der Waals surface area (Å²) >= 11 is 0. The van der Waals surface area contributed by atoms with E-state index in [0.29, 0.717) is 6.42 Å². The molecular formula is C20H18O8. The summed E-state index contributed by atoms with van der Waals surface area (Å²) in [6.07, 6.45) is 1.36. The molecule has 0 saturated carbocycles. The van der Waals surface area contributed by atoms with E-state index in [0.717, 1.165) is 24.6 Å². The predicted molar refractivity (Wildman–Crippen MR) is 99.7 cm³/mol. The van der Waals surface area contributed by atoms with Gasteiger partial charge in [0.15, 0.2) is 5.76 Å². The van der Waals surface area contributed by atoms with E-state index < -0.39 is 28.6 Å². The zero-order valence-electron chi connectivity index (χ0n) is 14.9. The number of esters is 1. The van der Waals surface area contributed by atoms with Gasteiger partial charge < -0.3 is 29.6 Å². The van der Waals surface area contributed by atoms with Crippen molar-refractivity contribution in [2.45, 2.75) is 26.2 Å². The Balaban J connectivity index is 2.28. The fourth-order valence-corrected chi connectivity index (χ4v) is 2.74. The number of benzene rings is 2. The topological polar surface area (TPSA) is 137 Å². The van der Waals surface area contributed by atoms with E-state index in [1.54, 1.807) is 0 Å². The number of phenols is 4. The van der Waals surface area contributed by atoms with Gasteiger partial charge in [0.25, 0.3) is 0 Å². The lowest BCUT2D eigenvalue weighted by Crippen LogP contribution is -2.16. The van der Waals surface area contributed by atoms with E-state index >= 15 is 0 Å². The van der Waals surface area contributed by atoms with Gasteiger partial charge >= 0.3 is 5.97 Å². The van der Waals surface area contributed by atoms with Crippen LogP contribution in [0.25, 0.3) is 22.3 Å². The quantitative estimate of drug-likeness (QED) is 0.490. The lowest BCUT2D eigenvalue weighted by molar-refractivity contribution is -0.134. The number of hydrogen-bond acceptors (Lipinski definition) is 8. The highest BCUT2D eigenvalue weighted by Crippen LogP contribution is 2.40. The van der Waals surface area contributed by atoms with Crippen LogP contribution >= 0.6 is 0 Å². The van der Waals surface area contributed by atoms with Crippen LogP contribution in [0.4, 0.5) is 0 Å². The van der Waals surface area contributed by atoms with Crippen molar-refractivity contribution in [3.8, 4) is 40.1 Å². The summed E-state index contributed by atoms with van der Waals surface area (Å²) in [6, 6.07) is 5.63. The first-order valence-corrected chi connectivity index (χ1v) is 8.57. The van der Waals surface area contributed by atoms with Gasteiger partial charge in [0.2, 0.25) is 11.2 Å². The van der Waals surface area contributed by atoms with Crippen molar-refractivity contribution in [2.75, 3.05) is 0 Å². The number of hydrogen-bond donors (Lipinski definition) is 4. The number of ether oxygens (including phenoxy) is 1. The molecule has 0 aliphatic heterocycles. The monoisotopic (exact) mass is 386 g/mol. The number of rotatable bonds is 5. The largest absolute Gasteiger partial charge is 0.508 e. The Labute approximate surface area is 158 Å². The van der Waals surface area contributed by atoms with E-state index in [1.807, 2.05) is 6.92 Å². The molecule has 1 heterocycles. The molecule has 0 fully saturated rings. The molecule has 8 heteroatoms. The molecule has 0 atom stereocenters. The fraction of sp³-hybridized carbons (Fsp3) is 0.200. The standard InChI is InChI=1S/C20H18O8/c1-2-3-4-16(25)28-20-18(26)17-14(24)8-11(22)9-15(17)27-19(20)12-6-5-10(21)7-13(12)23/h5-9,21-24H,2-4H2,1H3. The minimum atomic E-state index is -0.842. The molecule has 4 N–H and O–H groups in total. The Morgan fingerprint density at radius 2 is 1.75 bits per heavy atom. The van der Waals surface area contributed by atoms with E-state index in [4.69, 9.17) is 9.15 Å². The Bertz CT molecular complexity index is 1110. The molecule has 3 aromatic rings. The third kappa shape index (κ3) is 3.57. The van der Waals surface area contributed by atoms with E-state index in [2.05, 4.69) is 0 Å². The SMILES string of the molecule is CCCCC(=O)Oc1c(-c2ccc(O)cc2O)oc2cc(O)cc(O)c2c1=O. The minimum Gasteiger partial charge on any atom is -0.508 e. The predicted octanol–water partition coefficient (Wildman–Crippen LogP) is 3.38. The first-order chi connectivity index (χ1) is 13.3. The minimum absolute atomic E-state index is 0.0158. The van der Waals surface area contributed by atoms with Crippen LogP contribution in [0.1, 0.15) is 26.2 Å². The maximum Gasteiger partial charge on any atom is 0.311 e. The van der Waals surface area contributed by atoms with Gasteiger partial charge in [-0.05, 0) is 18.6 Å². The molecule has 1 aromatic heterocycles. The summed E-state index contributed by atoms with van der Waals surface area (Å²) in [5.74, 6) is -2.98. The number of aromatic hydroxyl groups is 4. The molecule has 28 heavy (non-hydrogen) atoms. The summed E-state index contributed by atoms with van der Waals surface area (Å²) in [5.41, 5.74) is -1.03. The second kappa shape index (κ2) is 7.51. The molecule has 8 nitrogen and oxygen atoms in total. The second-order valence-electron chi connectivity index (χ2n) is 6.21. The van der Waals surface area contributed by atoms with Crippen molar-refractivity contribution in [3.63, 3.8) is 0 Å². The van der Waals surface area contributed by atoms with Crippen molar-refractivity contribution in [2.24, 2.45) is 0 Å². The number of carbonyl (C=O) groups excluding carboxylic acids is 1. The highest BCUT2D eigenvalue weighted by atomic mass is 16.5. The molecule has 3 rings (SSSR count). The maximum absolute atomic E-state index is 12.9. The van der Waals surface area contributed by atoms with Gasteiger partial charge in [-0.2, -0.15) is 0 Å². The molecule has 0 aliphatic carbocycles. The van der Waals surface area contributed by atoms with Crippen LogP contribution in [0.2, 0.25) is 0 Å². The summed E-state index contributed by atoms with van der Waals surface area (Å²) in [5, 5.41) is 39.1. The lowest BCUT2D eigenvalue weighted by Gasteiger charge is -2.12. The first kappa shape index (κ1) is 19.1. The van der Waals surface area contributed by atoms with Gasteiger partial charge in [0.05, 0.1) is 5.56 Å². The Kier molecular flexibility index (Phi) is 5.12. The zero-order valence-corrected chi connectivity index (χ0v) is 14.9. The first-order valence-electron chi connectivity index (χ1n) is 8.57. The molecule has 0 saturated heterocycles. The van der Waals surface area contributed by atoms with Crippen molar-refractivity contribution >= 4 is 16.9 Å². The van der Waals surface area contributed by atoms with Gasteiger partial charge in [0.1, 0.15) is 34.0 Å². The third-order valence-electron chi connectivity index (χ3n) is 4.09. The molecule has 0 amide bonds. The Morgan fingerprint density at radius 1 is 1.04 bits per heavy atom. The van der Waals surface area contributed by atoms with Crippen molar-refractivity contribution in [3.05, 3.63) is 40.6 Å². The van der Waals surface area contributed by atoms with Gasteiger partial charge in [-0.1, -0.05) is 13.3 Å². The average Bonchev–Trinajstić information content (AvgIpc) is 2.61. The van der Waals surface area contributed by atoms with Crippen LogP contribution in [0, 0.1) is 0 Å². The smallest absolute Gasteiger partial charge is 0.311 e. The third-order valence-corrected chi connectivity index (χ3v) is 4.09. The van der Waals surface area contributed by atoms with E-state index in [-0.39, 0.29) is 40.2 Å². The molecule has 0 unspecified atom stereocenters. The van der Waals surface area contributed by atoms with Crippen molar-refractivity contribution < 1.29 is 34.4 Å². The van der Waals surface area contributed by atoms with Crippen molar-refractivity contribution in [1.82, 2.24) is 0 Å².